The van der Waals surface area contributed by atoms with E-state index in [4.69, 9.17) is 0 Å². The number of benzene rings is 2. The lowest BCUT2D eigenvalue weighted by Crippen LogP contribution is -2.17. The molecule has 0 heterocycles. The molecule has 0 spiro atoms. The number of fused-ring (bicyclic) bond motifs is 1. The molecular formula is C18H16O2S. The van der Waals surface area contributed by atoms with Gasteiger partial charge in [-0.3, -0.25) is 0 Å². The molecule has 0 saturated heterocycles. The second-order valence-electron chi connectivity index (χ2n) is 5.78. The van der Waals surface area contributed by atoms with Crippen molar-refractivity contribution in [2.75, 3.05) is 0 Å². The van der Waals surface area contributed by atoms with Crippen LogP contribution < -0.4 is 0 Å². The van der Waals surface area contributed by atoms with Gasteiger partial charge in [-0.1, -0.05) is 36.4 Å². The molecule has 5 rings (SSSR count). The highest BCUT2D eigenvalue weighted by molar-refractivity contribution is 7.91. The van der Waals surface area contributed by atoms with Gasteiger partial charge >= 0.3 is 0 Å². The topological polar surface area (TPSA) is 34.1 Å². The van der Waals surface area contributed by atoms with Crippen molar-refractivity contribution in [3.05, 3.63) is 71.8 Å². The predicted molar refractivity (Wildman–Crippen MR) is 82.2 cm³/mol. The maximum atomic E-state index is 12.7. The molecule has 0 saturated carbocycles. The summed E-state index contributed by atoms with van der Waals surface area (Å²) >= 11 is 0. The van der Waals surface area contributed by atoms with Crippen LogP contribution in [0.2, 0.25) is 0 Å². The van der Waals surface area contributed by atoms with Crippen LogP contribution >= 0.6 is 0 Å². The molecule has 0 N–H and O–H groups in total. The summed E-state index contributed by atoms with van der Waals surface area (Å²) in [7, 11) is -3.41. The smallest absolute Gasteiger partial charge is 0.206 e. The van der Waals surface area contributed by atoms with E-state index in [1.54, 1.807) is 30.3 Å². The van der Waals surface area contributed by atoms with Crippen molar-refractivity contribution in [1.29, 1.82) is 0 Å². The van der Waals surface area contributed by atoms with E-state index in [1.165, 1.54) is 17.5 Å². The lowest BCUT2D eigenvalue weighted by Gasteiger charge is -2.33. The molecule has 0 aromatic heterocycles. The Labute approximate surface area is 125 Å². The molecule has 0 unspecified atom stereocenters. The molecule has 2 aromatic rings. The van der Waals surface area contributed by atoms with Crippen LogP contribution in [0, 0.1) is 0 Å². The molecule has 0 radical (unpaired) electrons. The van der Waals surface area contributed by atoms with Gasteiger partial charge in [-0.15, -0.1) is 0 Å². The van der Waals surface area contributed by atoms with Crippen LogP contribution in [0.4, 0.5) is 0 Å². The van der Waals surface area contributed by atoms with Gasteiger partial charge in [0.1, 0.15) is 0 Å². The largest absolute Gasteiger partial charge is 0.219 e. The number of sulfone groups is 1. The van der Waals surface area contributed by atoms with Gasteiger partial charge in [0.15, 0.2) is 0 Å². The monoisotopic (exact) mass is 296 g/mol. The van der Waals surface area contributed by atoms with Gasteiger partial charge in [-0.2, -0.15) is 0 Å². The Morgan fingerprint density at radius 2 is 1.43 bits per heavy atom. The van der Waals surface area contributed by atoms with Gasteiger partial charge in [0, 0.05) is 11.8 Å². The highest BCUT2D eigenvalue weighted by atomic mass is 32.2. The van der Waals surface area contributed by atoms with Gasteiger partial charge in [0.25, 0.3) is 0 Å². The van der Waals surface area contributed by atoms with E-state index in [9.17, 15) is 8.42 Å². The van der Waals surface area contributed by atoms with Gasteiger partial charge in [0.2, 0.25) is 9.84 Å². The van der Waals surface area contributed by atoms with Crippen LogP contribution in [-0.2, 0) is 9.84 Å². The molecule has 3 heteroatoms. The summed E-state index contributed by atoms with van der Waals surface area (Å²) < 4.78 is 25.4. The fourth-order valence-corrected chi connectivity index (χ4v) is 4.77. The van der Waals surface area contributed by atoms with Gasteiger partial charge in [0.05, 0.1) is 9.79 Å². The first-order valence-electron chi connectivity index (χ1n) is 7.28. The Balaban J connectivity index is 1.84. The number of rotatable bonds is 2. The predicted octanol–water partition coefficient (Wildman–Crippen LogP) is 4.05. The summed E-state index contributed by atoms with van der Waals surface area (Å²) in [5.41, 5.74) is 2.51. The minimum Gasteiger partial charge on any atom is -0.219 e. The highest BCUT2D eigenvalue weighted by Gasteiger charge is 2.30. The summed E-state index contributed by atoms with van der Waals surface area (Å²) in [5.74, 6) is 0.856. The van der Waals surface area contributed by atoms with Crippen molar-refractivity contribution >= 4 is 9.84 Å². The molecule has 2 bridgehead atoms. The minimum absolute atomic E-state index is 0.362. The van der Waals surface area contributed by atoms with E-state index >= 15 is 0 Å². The van der Waals surface area contributed by atoms with E-state index in [0.29, 0.717) is 21.6 Å². The molecule has 3 aliphatic rings. The van der Waals surface area contributed by atoms with Crippen LogP contribution in [0.25, 0.3) is 0 Å². The Bertz CT molecular complexity index is 820. The summed E-state index contributed by atoms with van der Waals surface area (Å²) in [6.07, 6.45) is 6.80. The molecule has 21 heavy (non-hydrogen) atoms. The average molecular weight is 296 g/mol. The molecular weight excluding hydrogens is 280 g/mol. The quantitative estimate of drug-likeness (QED) is 0.783. The number of allylic oxidation sites excluding steroid dienone is 2. The van der Waals surface area contributed by atoms with Crippen LogP contribution in [0.5, 0.6) is 0 Å². The first-order chi connectivity index (χ1) is 10.2. The molecule has 0 amide bonds. The lowest BCUT2D eigenvalue weighted by atomic mass is 9.72. The second-order valence-corrected chi connectivity index (χ2v) is 7.73. The van der Waals surface area contributed by atoms with Crippen molar-refractivity contribution in [2.24, 2.45) is 0 Å². The Morgan fingerprint density at radius 1 is 0.762 bits per heavy atom. The maximum absolute atomic E-state index is 12.7. The Hall–Kier alpha value is -1.87. The first kappa shape index (κ1) is 12.8. The zero-order valence-corrected chi connectivity index (χ0v) is 12.4. The third-order valence-electron chi connectivity index (χ3n) is 4.59. The Morgan fingerprint density at radius 3 is 2.10 bits per heavy atom. The molecule has 2 atom stereocenters. The lowest BCUT2D eigenvalue weighted by molar-refractivity contribution is 0.551. The number of hydrogen-bond donors (Lipinski definition) is 0. The van der Waals surface area contributed by atoms with Crippen molar-refractivity contribution in [3.63, 3.8) is 0 Å². The van der Waals surface area contributed by atoms with E-state index in [-0.39, 0.29) is 0 Å². The number of hydrogen-bond acceptors (Lipinski definition) is 2. The summed E-state index contributed by atoms with van der Waals surface area (Å²) in [5, 5.41) is 0. The fraction of sp³-hybridized carbons (Fsp3) is 0.222. The molecule has 0 aliphatic heterocycles. The molecule has 2 nitrogen and oxygen atoms in total. The van der Waals surface area contributed by atoms with Gasteiger partial charge in [-0.05, 0) is 48.2 Å². The molecule has 0 fully saturated rings. The SMILES string of the molecule is O=S(=O)(c1ccccc1)c1ccc2c(c1)[C@H]1C=C[C@@H]2CC1. The van der Waals surface area contributed by atoms with Crippen LogP contribution in [0.3, 0.4) is 0 Å². The summed E-state index contributed by atoms with van der Waals surface area (Å²) in [6.45, 7) is 0. The molecule has 3 aliphatic carbocycles. The van der Waals surface area contributed by atoms with E-state index < -0.39 is 9.84 Å². The van der Waals surface area contributed by atoms with Crippen LogP contribution in [-0.4, -0.2) is 8.42 Å². The average Bonchev–Trinajstić information content (AvgIpc) is 2.56. The van der Waals surface area contributed by atoms with Crippen LogP contribution in [0.15, 0.2) is 70.5 Å². The van der Waals surface area contributed by atoms with Crippen LogP contribution in [0.1, 0.15) is 35.8 Å². The zero-order valence-electron chi connectivity index (χ0n) is 11.6. The third kappa shape index (κ3) is 1.95. The summed E-state index contributed by atoms with van der Waals surface area (Å²) in [6, 6.07) is 14.3. The van der Waals surface area contributed by atoms with Crippen molar-refractivity contribution in [2.45, 2.75) is 34.5 Å². The van der Waals surface area contributed by atoms with E-state index in [1.807, 2.05) is 18.2 Å². The maximum Gasteiger partial charge on any atom is 0.206 e. The highest BCUT2D eigenvalue weighted by Crippen LogP contribution is 2.45. The van der Waals surface area contributed by atoms with E-state index in [2.05, 4.69) is 12.2 Å². The first-order valence-corrected chi connectivity index (χ1v) is 8.77. The second kappa shape index (κ2) is 4.57. The normalized spacial score (nSPS) is 23.0. The molecule has 2 aromatic carbocycles. The zero-order chi connectivity index (χ0) is 14.4. The summed E-state index contributed by atoms with van der Waals surface area (Å²) in [4.78, 5) is 0.773. The van der Waals surface area contributed by atoms with Gasteiger partial charge in [-0.25, -0.2) is 8.42 Å². The Kier molecular flexibility index (Phi) is 2.79. The van der Waals surface area contributed by atoms with Crippen molar-refractivity contribution in [3.8, 4) is 0 Å². The fourth-order valence-electron chi connectivity index (χ4n) is 3.45. The van der Waals surface area contributed by atoms with Gasteiger partial charge < -0.3 is 0 Å². The molecule has 106 valence electrons. The minimum atomic E-state index is -3.41. The van der Waals surface area contributed by atoms with E-state index in [0.717, 1.165) is 6.42 Å². The van der Waals surface area contributed by atoms with Crippen molar-refractivity contribution < 1.29 is 8.42 Å². The third-order valence-corrected chi connectivity index (χ3v) is 6.35. The standard InChI is InChI=1S/C18H16O2S/c19-21(20,15-4-2-1-3-5-15)16-10-11-17-13-6-8-14(9-7-13)18(17)12-16/h1-6,8,10-14H,7,9H2/t13-,14+/m1/s1. The van der Waals surface area contributed by atoms with Crippen molar-refractivity contribution in [1.82, 2.24) is 0 Å².